The maximum Gasteiger partial charge on any atom is 0.238 e. The molecule has 0 aromatic carbocycles. The van der Waals surface area contributed by atoms with E-state index in [1.165, 1.54) is 4.31 Å². The van der Waals surface area contributed by atoms with Crippen LogP contribution in [0.2, 0.25) is 0 Å². The first-order valence-electron chi connectivity index (χ1n) is 8.00. The Hall–Kier alpha value is -0.370. The summed E-state index contributed by atoms with van der Waals surface area (Å²) in [5, 5.41) is 6.04. The maximum atomic E-state index is 12.3. The third-order valence-corrected chi connectivity index (χ3v) is 5.60. The number of hydrogen-bond acceptors (Lipinski definition) is 4. The van der Waals surface area contributed by atoms with E-state index in [0.29, 0.717) is 25.9 Å². The summed E-state index contributed by atoms with van der Waals surface area (Å²) in [4.78, 5) is 12.2. The SMILES string of the molecule is CCCCS(=O)(=O)N1CCCC1C(=O)NCCNCCC.Cl. The molecule has 0 aromatic heterocycles. The van der Waals surface area contributed by atoms with Gasteiger partial charge >= 0.3 is 0 Å². The van der Waals surface area contributed by atoms with E-state index in [-0.39, 0.29) is 24.1 Å². The average Bonchev–Trinajstić information content (AvgIpc) is 2.95. The van der Waals surface area contributed by atoms with Crippen LogP contribution in [0.5, 0.6) is 0 Å². The van der Waals surface area contributed by atoms with Gasteiger partial charge in [-0.15, -0.1) is 12.4 Å². The van der Waals surface area contributed by atoms with E-state index in [0.717, 1.165) is 32.4 Å². The van der Waals surface area contributed by atoms with E-state index in [1.807, 2.05) is 6.92 Å². The van der Waals surface area contributed by atoms with E-state index >= 15 is 0 Å². The van der Waals surface area contributed by atoms with Gasteiger partial charge in [0.25, 0.3) is 0 Å². The van der Waals surface area contributed by atoms with Crippen LogP contribution in [-0.4, -0.2) is 56.6 Å². The molecule has 0 aromatic rings. The number of sulfonamides is 1. The lowest BCUT2D eigenvalue weighted by Crippen LogP contribution is -2.47. The van der Waals surface area contributed by atoms with Crippen LogP contribution in [0.1, 0.15) is 46.0 Å². The summed E-state index contributed by atoms with van der Waals surface area (Å²) in [5.74, 6) is -0.0170. The molecule has 1 heterocycles. The van der Waals surface area contributed by atoms with Crippen molar-refractivity contribution in [2.75, 3.05) is 31.9 Å². The topological polar surface area (TPSA) is 78.5 Å². The van der Waals surface area contributed by atoms with E-state index < -0.39 is 16.1 Å². The van der Waals surface area contributed by atoms with Crippen molar-refractivity contribution in [1.29, 1.82) is 0 Å². The fourth-order valence-electron chi connectivity index (χ4n) is 2.47. The standard InChI is InChI=1S/C14H29N3O3S.ClH/c1-3-5-12-21(19,20)17-11-6-7-13(17)14(18)16-10-9-15-8-4-2;/h13,15H,3-12H2,1-2H3,(H,16,18);1H. The van der Waals surface area contributed by atoms with E-state index in [1.54, 1.807) is 0 Å². The zero-order valence-corrected chi connectivity index (χ0v) is 15.3. The molecule has 1 unspecified atom stereocenters. The zero-order chi connectivity index (χ0) is 15.7. The van der Waals surface area contributed by atoms with Crippen LogP contribution >= 0.6 is 12.4 Å². The van der Waals surface area contributed by atoms with Crippen molar-refractivity contribution in [1.82, 2.24) is 14.9 Å². The minimum absolute atomic E-state index is 0. The van der Waals surface area contributed by atoms with Crippen LogP contribution in [0.25, 0.3) is 0 Å². The van der Waals surface area contributed by atoms with Crippen molar-refractivity contribution in [3.63, 3.8) is 0 Å². The molecule has 0 saturated carbocycles. The van der Waals surface area contributed by atoms with Crippen molar-refractivity contribution < 1.29 is 13.2 Å². The van der Waals surface area contributed by atoms with Crippen molar-refractivity contribution >= 4 is 28.3 Å². The Morgan fingerprint density at radius 2 is 1.91 bits per heavy atom. The van der Waals surface area contributed by atoms with Gasteiger partial charge < -0.3 is 10.6 Å². The highest BCUT2D eigenvalue weighted by molar-refractivity contribution is 7.89. The lowest BCUT2D eigenvalue weighted by Gasteiger charge is -2.23. The summed E-state index contributed by atoms with van der Waals surface area (Å²) >= 11 is 0. The molecule has 0 bridgehead atoms. The van der Waals surface area contributed by atoms with Gasteiger partial charge in [-0.05, 0) is 32.2 Å². The largest absolute Gasteiger partial charge is 0.353 e. The minimum Gasteiger partial charge on any atom is -0.353 e. The molecule has 0 aliphatic carbocycles. The highest BCUT2D eigenvalue weighted by Gasteiger charge is 2.37. The van der Waals surface area contributed by atoms with Crippen molar-refractivity contribution in [2.24, 2.45) is 0 Å². The minimum atomic E-state index is -3.30. The molecule has 1 amide bonds. The van der Waals surface area contributed by atoms with Crippen molar-refractivity contribution in [2.45, 2.75) is 52.0 Å². The summed E-state index contributed by atoms with van der Waals surface area (Å²) in [7, 11) is -3.30. The summed E-state index contributed by atoms with van der Waals surface area (Å²) in [5.41, 5.74) is 0. The molecule has 1 aliphatic rings. The summed E-state index contributed by atoms with van der Waals surface area (Å²) in [6, 6.07) is -0.516. The molecule has 1 aliphatic heterocycles. The summed E-state index contributed by atoms with van der Waals surface area (Å²) < 4.78 is 25.9. The van der Waals surface area contributed by atoms with Gasteiger partial charge in [-0.3, -0.25) is 4.79 Å². The zero-order valence-electron chi connectivity index (χ0n) is 13.6. The van der Waals surface area contributed by atoms with Crippen LogP contribution in [-0.2, 0) is 14.8 Å². The Morgan fingerprint density at radius 3 is 2.55 bits per heavy atom. The van der Waals surface area contributed by atoms with Crippen molar-refractivity contribution in [3.8, 4) is 0 Å². The van der Waals surface area contributed by atoms with Gasteiger partial charge in [-0.1, -0.05) is 20.3 Å². The van der Waals surface area contributed by atoms with Gasteiger partial charge in [0, 0.05) is 19.6 Å². The molecular weight excluding hydrogens is 326 g/mol. The first-order valence-corrected chi connectivity index (χ1v) is 9.61. The first-order chi connectivity index (χ1) is 10.0. The highest BCUT2D eigenvalue weighted by Crippen LogP contribution is 2.22. The summed E-state index contributed by atoms with van der Waals surface area (Å²) in [6.45, 7) is 6.71. The maximum absolute atomic E-state index is 12.3. The van der Waals surface area contributed by atoms with Gasteiger partial charge in [0.15, 0.2) is 0 Å². The molecule has 1 fully saturated rings. The Kier molecular flexibility index (Phi) is 11.0. The fraction of sp³-hybridized carbons (Fsp3) is 0.929. The number of nitrogens with zero attached hydrogens (tertiary/aromatic N) is 1. The van der Waals surface area contributed by atoms with Gasteiger partial charge in [-0.25, -0.2) is 8.42 Å². The van der Waals surface area contributed by atoms with E-state index in [2.05, 4.69) is 17.6 Å². The Morgan fingerprint density at radius 1 is 1.18 bits per heavy atom. The van der Waals surface area contributed by atoms with Gasteiger partial charge in [0.1, 0.15) is 6.04 Å². The summed E-state index contributed by atoms with van der Waals surface area (Å²) in [6.07, 6.45) is 3.93. The molecule has 1 atom stereocenters. The van der Waals surface area contributed by atoms with Crippen LogP contribution in [0.4, 0.5) is 0 Å². The molecule has 2 N–H and O–H groups in total. The predicted molar refractivity (Wildman–Crippen MR) is 91.8 cm³/mol. The second kappa shape index (κ2) is 11.2. The number of halogens is 1. The lowest BCUT2D eigenvalue weighted by molar-refractivity contribution is -0.124. The third-order valence-electron chi connectivity index (χ3n) is 3.65. The van der Waals surface area contributed by atoms with Gasteiger partial charge in [0.05, 0.1) is 5.75 Å². The Balaban J connectivity index is 0.00000441. The number of nitrogens with one attached hydrogen (secondary N) is 2. The normalized spacial score (nSPS) is 18.9. The smallest absolute Gasteiger partial charge is 0.238 e. The Bertz CT molecular complexity index is 418. The van der Waals surface area contributed by atoms with Gasteiger partial charge in [0.2, 0.25) is 15.9 Å². The molecule has 0 spiro atoms. The molecule has 132 valence electrons. The van der Waals surface area contributed by atoms with Crippen LogP contribution in [0, 0.1) is 0 Å². The van der Waals surface area contributed by atoms with E-state index in [9.17, 15) is 13.2 Å². The molecule has 1 rings (SSSR count). The number of rotatable bonds is 10. The molecule has 6 nitrogen and oxygen atoms in total. The lowest BCUT2D eigenvalue weighted by atomic mass is 10.2. The molecule has 1 saturated heterocycles. The number of carbonyl (C=O) groups is 1. The number of hydrogen-bond donors (Lipinski definition) is 2. The average molecular weight is 356 g/mol. The quantitative estimate of drug-likeness (QED) is 0.575. The number of amides is 1. The second-order valence-electron chi connectivity index (χ2n) is 5.48. The molecule has 0 radical (unpaired) electrons. The molecular formula is C14H30ClN3O3S. The van der Waals surface area contributed by atoms with Crippen LogP contribution < -0.4 is 10.6 Å². The van der Waals surface area contributed by atoms with E-state index in [4.69, 9.17) is 0 Å². The first kappa shape index (κ1) is 21.6. The predicted octanol–water partition coefficient (Wildman–Crippen LogP) is 1.12. The Labute approximate surface area is 140 Å². The fourth-order valence-corrected chi connectivity index (χ4v) is 4.36. The third kappa shape index (κ3) is 6.81. The van der Waals surface area contributed by atoms with Gasteiger partial charge in [-0.2, -0.15) is 4.31 Å². The van der Waals surface area contributed by atoms with Crippen LogP contribution in [0.15, 0.2) is 0 Å². The number of carbonyl (C=O) groups excluding carboxylic acids is 1. The molecule has 8 heteroatoms. The monoisotopic (exact) mass is 355 g/mol. The second-order valence-corrected chi connectivity index (χ2v) is 7.52. The van der Waals surface area contributed by atoms with Crippen LogP contribution in [0.3, 0.4) is 0 Å². The van der Waals surface area contributed by atoms with Crippen molar-refractivity contribution in [3.05, 3.63) is 0 Å². The highest BCUT2D eigenvalue weighted by atomic mass is 35.5. The number of unbranched alkanes of at least 4 members (excludes halogenated alkanes) is 1. The molecule has 22 heavy (non-hydrogen) atoms.